The maximum atomic E-state index is 11.9. The summed E-state index contributed by atoms with van der Waals surface area (Å²) in [5.74, 6) is -0.271. The van der Waals surface area contributed by atoms with E-state index in [-0.39, 0.29) is 18.6 Å². The second-order valence-electron chi connectivity index (χ2n) is 4.71. The minimum atomic E-state index is -0.980. The zero-order valence-corrected chi connectivity index (χ0v) is 11.7. The molecule has 1 aromatic heterocycles. The quantitative estimate of drug-likeness (QED) is 0.702. The summed E-state index contributed by atoms with van der Waals surface area (Å²) >= 11 is 1.42. The summed E-state index contributed by atoms with van der Waals surface area (Å²) in [5, 5.41) is 15.5. The number of aliphatic hydroxyl groups is 1. The Bertz CT molecular complexity index is 451. The van der Waals surface area contributed by atoms with Gasteiger partial charge >= 0.3 is 0 Å². The number of rotatable bonds is 5. The lowest BCUT2D eigenvalue weighted by Crippen LogP contribution is -2.47. The average molecular weight is 285 g/mol. The summed E-state index contributed by atoms with van der Waals surface area (Å²) in [4.78, 5) is 16.1. The summed E-state index contributed by atoms with van der Waals surface area (Å²) in [6.07, 6.45) is 0.937. The largest absolute Gasteiger partial charge is 0.385 e. The summed E-state index contributed by atoms with van der Waals surface area (Å²) in [6.45, 7) is 3.02. The van der Waals surface area contributed by atoms with Crippen LogP contribution < -0.4 is 11.1 Å². The standard InChI is InChI=1S/C12H19N3O3S/c1-8-12(17,3-5-18-8)7-14-11(16)9-6-19-10(15-9)2-4-13/h6,8,17H,2-5,7,13H2,1H3,(H,14,16). The number of hydrogen-bond acceptors (Lipinski definition) is 6. The van der Waals surface area contributed by atoms with Crippen molar-refractivity contribution in [3.05, 3.63) is 16.1 Å². The van der Waals surface area contributed by atoms with Gasteiger partial charge in [0.15, 0.2) is 0 Å². The highest BCUT2D eigenvalue weighted by atomic mass is 32.1. The Balaban J connectivity index is 1.90. The molecule has 1 saturated heterocycles. The first-order valence-electron chi connectivity index (χ1n) is 6.32. The summed E-state index contributed by atoms with van der Waals surface area (Å²) in [5.41, 5.74) is 4.84. The van der Waals surface area contributed by atoms with Crippen molar-refractivity contribution >= 4 is 17.2 Å². The lowest BCUT2D eigenvalue weighted by atomic mass is 9.97. The maximum Gasteiger partial charge on any atom is 0.270 e. The Morgan fingerprint density at radius 3 is 3.21 bits per heavy atom. The zero-order chi connectivity index (χ0) is 13.9. The fraction of sp³-hybridized carbons (Fsp3) is 0.667. The fourth-order valence-electron chi connectivity index (χ4n) is 1.98. The number of hydrogen-bond donors (Lipinski definition) is 3. The molecule has 106 valence electrons. The molecule has 2 rings (SSSR count). The van der Waals surface area contributed by atoms with E-state index in [2.05, 4.69) is 10.3 Å². The molecule has 19 heavy (non-hydrogen) atoms. The smallest absolute Gasteiger partial charge is 0.270 e. The van der Waals surface area contributed by atoms with Crippen LogP contribution in [0.5, 0.6) is 0 Å². The molecule has 4 N–H and O–H groups in total. The molecule has 0 bridgehead atoms. The van der Waals surface area contributed by atoms with Crippen molar-refractivity contribution < 1.29 is 14.6 Å². The van der Waals surface area contributed by atoms with Crippen molar-refractivity contribution in [1.29, 1.82) is 0 Å². The predicted molar refractivity (Wildman–Crippen MR) is 72.2 cm³/mol. The van der Waals surface area contributed by atoms with Gasteiger partial charge in [0.1, 0.15) is 11.3 Å². The highest BCUT2D eigenvalue weighted by Crippen LogP contribution is 2.24. The molecule has 2 atom stereocenters. The Labute approximate surface area is 116 Å². The minimum absolute atomic E-state index is 0.177. The molecule has 0 spiro atoms. The molecular formula is C12H19N3O3S. The number of carbonyl (C=O) groups excluding carboxylic acids is 1. The topological polar surface area (TPSA) is 97.5 Å². The van der Waals surface area contributed by atoms with E-state index < -0.39 is 5.60 Å². The number of ether oxygens (including phenoxy) is 1. The van der Waals surface area contributed by atoms with E-state index in [4.69, 9.17) is 10.5 Å². The molecule has 7 heteroatoms. The third-order valence-electron chi connectivity index (χ3n) is 3.36. The zero-order valence-electron chi connectivity index (χ0n) is 10.9. The van der Waals surface area contributed by atoms with Crippen LogP contribution in [0, 0.1) is 0 Å². The number of amides is 1. The summed E-state index contributed by atoms with van der Waals surface area (Å²) < 4.78 is 5.31. The first-order valence-corrected chi connectivity index (χ1v) is 7.20. The van der Waals surface area contributed by atoms with Gasteiger partial charge in [-0.15, -0.1) is 11.3 Å². The molecule has 2 heterocycles. The number of carbonyl (C=O) groups is 1. The van der Waals surface area contributed by atoms with Crippen molar-refractivity contribution in [2.24, 2.45) is 5.73 Å². The monoisotopic (exact) mass is 285 g/mol. The summed E-state index contributed by atoms with van der Waals surface area (Å²) in [6, 6.07) is 0. The highest BCUT2D eigenvalue weighted by molar-refractivity contribution is 7.09. The Morgan fingerprint density at radius 2 is 2.58 bits per heavy atom. The molecule has 6 nitrogen and oxygen atoms in total. The van der Waals surface area contributed by atoms with E-state index in [1.54, 1.807) is 12.3 Å². The molecule has 0 saturated carbocycles. The third kappa shape index (κ3) is 3.30. The molecule has 2 unspecified atom stereocenters. The molecule has 1 aliphatic heterocycles. The molecule has 1 aromatic rings. The van der Waals surface area contributed by atoms with Gasteiger partial charge in [-0.25, -0.2) is 4.98 Å². The maximum absolute atomic E-state index is 11.9. The van der Waals surface area contributed by atoms with Crippen LogP contribution in [0.2, 0.25) is 0 Å². The number of nitrogens with two attached hydrogens (primary N) is 1. The number of aromatic nitrogens is 1. The number of thiazole rings is 1. The van der Waals surface area contributed by atoms with Crippen LogP contribution in [-0.4, -0.2) is 47.4 Å². The van der Waals surface area contributed by atoms with Crippen molar-refractivity contribution in [2.45, 2.75) is 31.5 Å². The van der Waals surface area contributed by atoms with Crippen molar-refractivity contribution in [1.82, 2.24) is 10.3 Å². The predicted octanol–water partition coefficient (Wildman–Crippen LogP) is -0.0860. The Morgan fingerprint density at radius 1 is 1.79 bits per heavy atom. The van der Waals surface area contributed by atoms with Crippen LogP contribution in [-0.2, 0) is 11.2 Å². The van der Waals surface area contributed by atoms with Crippen LogP contribution in [0.4, 0.5) is 0 Å². The van der Waals surface area contributed by atoms with E-state index in [0.29, 0.717) is 31.7 Å². The van der Waals surface area contributed by atoms with E-state index in [0.717, 1.165) is 5.01 Å². The summed E-state index contributed by atoms with van der Waals surface area (Å²) in [7, 11) is 0. The van der Waals surface area contributed by atoms with Gasteiger partial charge in [-0.2, -0.15) is 0 Å². The van der Waals surface area contributed by atoms with Crippen LogP contribution >= 0.6 is 11.3 Å². The van der Waals surface area contributed by atoms with E-state index >= 15 is 0 Å². The van der Waals surface area contributed by atoms with Crippen LogP contribution in [0.15, 0.2) is 5.38 Å². The molecule has 0 aromatic carbocycles. The Hall–Kier alpha value is -1.02. The lowest BCUT2D eigenvalue weighted by molar-refractivity contribution is -0.0251. The van der Waals surface area contributed by atoms with Gasteiger partial charge in [0.2, 0.25) is 0 Å². The van der Waals surface area contributed by atoms with Gasteiger partial charge in [0.05, 0.1) is 11.1 Å². The molecule has 0 aliphatic carbocycles. The first-order chi connectivity index (χ1) is 9.05. The second kappa shape index (κ2) is 5.96. The second-order valence-corrected chi connectivity index (χ2v) is 5.66. The lowest BCUT2D eigenvalue weighted by Gasteiger charge is -2.25. The van der Waals surface area contributed by atoms with E-state index in [1.165, 1.54) is 11.3 Å². The van der Waals surface area contributed by atoms with Crippen LogP contribution in [0.3, 0.4) is 0 Å². The van der Waals surface area contributed by atoms with E-state index in [9.17, 15) is 9.90 Å². The normalized spacial score (nSPS) is 26.6. The van der Waals surface area contributed by atoms with Crippen molar-refractivity contribution in [3.63, 3.8) is 0 Å². The SMILES string of the molecule is CC1OCCC1(O)CNC(=O)c1csc(CCN)n1. The van der Waals surface area contributed by atoms with Gasteiger partial charge in [0.25, 0.3) is 5.91 Å². The molecular weight excluding hydrogens is 266 g/mol. The Kier molecular flexibility index (Phi) is 4.51. The number of nitrogens with zero attached hydrogens (tertiary/aromatic N) is 1. The molecule has 1 aliphatic rings. The third-order valence-corrected chi connectivity index (χ3v) is 4.27. The van der Waals surface area contributed by atoms with Gasteiger partial charge in [-0.3, -0.25) is 4.79 Å². The minimum Gasteiger partial charge on any atom is -0.385 e. The highest BCUT2D eigenvalue weighted by Gasteiger charge is 2.39. The van der Waals surface area contributed by atoms with Gasteiger partial charge in [-0.05, 0) is 13.5 Å². The molecule has 0 radical (unpaired) electrons. The van der Waals surface area contributed by atoms with E-state index in [1.807, 2.05) is 0 Å². The first kappa shape index (κ1) is 14.4. The molecule has 1 fully saturated rings. The number of nitrogens with one attached hydrogen (secondary N) is 1. The van der Waals surface area contributed by atoms with Crippen LogP contribution in [0.1, 0.15) is 28.8 Å². The average Bonchev–Trinajstić information content (AvgIpc) is 2.96. The van der Waals surface area contributed by atoms with Gasteiger partial charge in [0, 0.05) is 31.4 Å². The molecule has 1 amide bonds. The van der Waals surface area contributed by atoms with Crippen molar-refractivity contribution in [3.8, 4) is 0 Å². The van der Waals surface area contributed by atoms with Gasteiger partial charge in [-0.1, -0.05) is 0 Å². The van der Waals surface area contributed by atoms with Crippen LogP contribution in [0.25, 0.3) is 0 Å². The fourth-order valence-corrected chi connectivity index (χ4v) is 2.77. The van der Waals surface area contributed by atoms with Gasteiger partial charge < -0.3 is 20.9 Å². The van der Waals surface area contributed by atoms with Crippen molar-refractivity contribution in [2.75, 3.05) is 19.7 Å².